The highest BCUT2D eigenvalue weighted by atomic mass is 16.5. The van der Waals surface area contributed by atoms with Crippen molar-refractivity contribution in [1.82, 2.24) is 0 Å². The van der Waals surface area contributed by atoms with Crippen LogP contribution in [-0.2, 0) is 19.1 Å². The molecule has 17 heavy (non-hydrogen) atoms. The van der Waals surface area contributed by atoms with Gasteiger partial charge in [-0.1, -0.05) is 6.42 Å². The van der Waals surface area contributed by atoms with Crippen LogP contribution in [0.2, 0.25) is 0 Å². The minimum Gasteiger partial charge on any atom is -0.463 e. The molecule has 0 bridgehead atoms. The van der Waals surface area contributed by atoms with Crippen LogP contribution in [-0.4, -0.2) is 25.2 Å². The van der Waals surface area contributed by atoms with Crippen molar-refractivity contribution in [2.24, 2.45) is 0 Å². The molecule has 0 aliphatic heterocycles. The largest absolute Gasteiger partial charge is 0.463 e. The van der Waals surface area contributed by atoms with Gasteiger partial charge in [0.25, 0.3) is 0 Å². The summed E-state index contributed by atoms with van der Waals surface area (Å²) in [6.45, 7) is 4.19. The summed E-state index contributed by atoms with van der Waals surface area (Å²) in [6.07, 6.45) is 4.12. The molecular formula is C13H20O4. The summed E-state index contributed by atoms with van der Waals surface area (Å²) in [5.74, 6) is -0.727. The maximum atomic E-state index is 11.8. The van der Waals surface area contributed by atoms with Gasteiger partial charge in [-0.3, -0.25) is 0 Å². The number of esters is 2. The van der Waals surface area contributed by atoms with E-state index in [1.165, 1.54) is 0 Å². The van der Waals surface area contributed by atoms with Gasteiger partial charge in [-0.25, -0.2) is 9.59 Å². The summed E-state index contributed by atoms with van der Waals surface area (Å²) in [7, 11) is 0. The van der Waals surface area contributed by atoms with Crippen molar-refractivity contribution >= 4 is 11.9 Å². The highest BCUT2D eigenvalue weighted by molar-refractivity contribution is 6.00. The Kier molecular flexibility index (Phi) is 5.73. The molecule has 0 amide bonds. The van der Waals surface area contributed by atoms with Crippen molar-refractivity contribution in [2.75, 3.05) is 13.2 Å². The van der Waals surface area contributed by atoms with E-state index in [0.717, 1.165) is 19.3 Å². The van der Waals surface area contributed by atoms with Gasteiger partial charge in [-0.2, -0.15) is 0 Å². The van der Waals surface area contributed by atoms with Crippen molar-refractivity contribution in [3.63, 3.8) is 0 Å². The normalized spacial score (nSPS) is 16.4. The predicted molar refractivity (Wildman–Crippen MR) is 63.4 cm³/mol. The highest BCUT2D eigenvalue weighted by Gasteiger charge is 2.24. The van der Waals surface area contributed by atoms with E-state index in [1.807, 2.05) is 0 Å². The van der Waals surface area contributed by atoms with E-state index in [1.54, 1.807) is 13.8 Å². The Balaban J connectivity index is 2.92. The van der Waals surface area contributed by atoms with Crippen LogP contribution in [0.4, 0.5) is 0 Å². The van der Waals surface area contributed by atoms with Crippen LogP contribution in [0, 0.1) is 0 Å². The summed E-state index contributed by atoms with van der Waals surface area (Å²) in [5.41, 5.74) is 1.03. The lowest BCUT2D eigenvalue weighted by molar-refractivity contribution is -0.142. The topological polar surface area (TPSA) is 52.6 Å². The molecule has 0 saturated carbocycles. The summed E-state index contributed by atoms with van der Waals surface area (Å²) in [6, 6.07) is 0. The molecule has 0 atom stereocenters. The maximum absolute atomic E-state index is 11.8. The standard InChI is InChI=1S/C13H20O4/c1-3-16-12(14)10-8-6-5-7-9-11(10)13(15)17-4-2/h3-9H2,1-2H3. The Bertz CT molecular complexity index is 287. The van der Waals surface area contributed by atoms with Crippen LogP contribution in [0.25, 0.3) is 0 Å². The third-order valence-electron chi connectivity index (χ3n) is 2.76. The van der Waals surface area contributed by atoms with Gasteiger partial charge in [0.1, 0.15) is 0 Å². The zero-order chi connectivity index (χ0) is 12.7. The smallest absolute Gasteiger partial charge is 0.334 e. The maximum Gasteiger partial charge on any atom is 0.334 e. The van der Waals surface area contributed by atoms with Gasteiger partial charge in [0.05, 0.1) is 13.2 Å². The van der Waals surface area contributed by atoms with Crippen LogP contribution >= 0.6 is 0 Å². The van der Waals surface area contributed by atoms with Crippen LogP contribution in [0.3, 0.4) is 0 Å². The summed E-state index contributed by atoms with van der Waals surface area (Å²) >= 11 is 0. The lowest BCUT2D eigenvalue weighted by Crippen LogP contribution is -2.16. The zero-order valence-electron chi connectivity index (χ0n) is 10.6. The Morgan fingerprint density at radius 2 is 1.29 bits per heavy atom. The van der Waals surface area contributed by atoms with Crippen LogP contribution < -0.4 is 0 Å². The van der Waals surface area contributed by atoms with Gasteiger partial charge in [0.2, 0.25) is 0 Å². The van der Waals surface area contributed by atoms with Gasteiger partial charge in [0.15, 0.2) is 0 Å². The van der Waals surface area contributed by atoms with E-state index in [2.05, 4.69) is 0 Å². The van der Waals surface area contributed by atoms with Crippen molar-refractivity contribution in [2.45, 2.75) is 46.0 Å². The van der Waals surface area contributed by atoms with Crippen molar-refractivity contribution in [3.05, 3.63) is 11.1 Å². The summed E-state index contributed by atoms with van der Waals surface area (Å²) in [5, 5.41) is 0. The first kappa shape index (κ1) is 13.7. The number of ether oxygens (including phenoxy) is 2. The number of hydrogen-bond acceptors (Lipinski definition) is 4. The van der Waals surface area contributed by atoms with Gasteiger partial charge in [-0.05, 0) is 39.5 Å². The Morgan fingerprint density at radius 1 is 0.882 bits per heavy atom. The van der Waals surface area contributed by atoms with Crippen molar-refractivity contribution in [3.8, 4) is 0 Å². The van der Waals surface area contributed by atoms with Crippen molar-refractivity contribution < 1.29 is 19.1 Å². The fraction of sp³-hybridized carbons (Fsp3) is 0.692. The molecule has 0 heterocycles. The number of hydrogen-bond donors (Lipinski definition) is 0. The SMILES string of the molecule is CCOC(=O)C1=C(C(=O)OCC)CCCCC1. The third-order valence-corrected chi connectivity index (χ3v) is 2.76. The molecule has 0 radical (unpaired) electrons. The Labute approximate surface area is 102 Å². The van der Waals surface area contributed by atoms with E-state index in [9.17, 15) is 9.59 Å². The van der Waals surface area contributed by atoms with Crippen LogP contribution in [0.1, 0.15) is 46.0 Å². The predicted octanol–water partition coefficient (Wildman–Crippen LogP) is 2.37. The molecule has 1 aliphatic carbocycles. The molecule has 1 rings (SSSR count). The summed E-state index contributed by atoms with van der Waals surface area (Å²) in [4.78, 5) is 23.6. The van der Waals surface area contributed by atoms with Gasteiger partial charge in [-0.15, -0.1) is 0 Å². The number of carbonyl (C=O) groups is 2. The van der Waals surface area contributed by atoms with E-state index >= 15 is 0 Å². The van der Waals surface area contributed by atoms with Crippen LogP contribution in [0.15, 0.2) is 11.1 Å². The van der Waals surface area contributed by atoms with E-state index in [0.29, 0.717) is 37.2 Å². The van der Waals surface area contributed by atoms with E-state index < -0.39 is 0 Å². The molecule has 0 fully saturated rings. The molecule has 4 heteroatoms. The molecule has 0 aromatic carbocycles. The highest BCUT2D eigenvalue weighted by Crippen LogP contribution is 2.25. The minimum absolute atomic E-state index is 0.332. The quantitative estimate of drug-likeness (QED) is 0.708. The fourth-order valence-electron chi connectivity index (χ4n) is 1.97. The average molecular weight is 240 g/mol. The second-order valence-electron chi connectivity index (χ2n) is 3.96. The molecule has 0 aromatic rings. The first-order valence-corrected chi connectivity index (χ1v) is 6.27. The van der Waals surface area contributed by atoms with E-state index in [-0.39, 0.29) is 11.9 Å². The lowest BCUT2D eigenvalue weighted by Gasteiger charge is -2.10. The zero-order valence-corrected chi connectivity index (χ0v) is 10.6. The molecule has 0 saturated heterocycles. The average Bonchev–Trinajstić information content (AvgIpc) is 2.54. The number of rotatable bonds is 4. The molecule has 4 nitrogen and oxygen atoms in total. The molecule has 1 aliphatic rings. The number of carbonyl (C=O) groups excluding carboxylic acids is 2. The first-order valence-electron chi connectivity index (χ1n) is 6.27. The Morgan fingerprint density at radius 3 is 1.65 bits per heavy atom. The van der Waals surface area contributed by atoms with Crippen LogP contribution in [0.5, 0.6) is 0 Å². The van der Waals surface area contributed by atoms with Crippen molar-refractivity contribution in [1.29, 1.82) is 0 Å². The Hall–Kier alpha value is -1.32. The van der Waals surface area contributed by atoms with Gasteiger partial charge >= 0.3 is 11.9 Å². The monoisotopic (exact) mass is 240 g/mol. The fourth-order valence-corrected chi connectivity index (χ4v) is 1.97. The second-order valence-corrected chi connectivity index (χ2v) is 3.96. The molecule has 96 valence electrons. The summed E-state index contributed by atoms with van der Waals surface area (Å²) < 4.78 is 9.98. The third kappa shape index (κ3) is 3.88. The molecule has 0 aromatic heterocycles. The lowest BCUT2D eigenvalue weighted by atomic mass is 10.0. The minimum atomic E-state index is -0.363. The van der Waals surface area contributed by atoms with E-state index in [4.69, 9.17) is 9.47 Å². The first-order chi connectivity index (χ1) is 8.20. The molecule has 0 unspecified atom stereocenters. The van der Waals surface area contributed by atoms with Gasteiger partial charge < -0.3 is 9.47 Å². The van der Waals surface area contributed by atoms with Gasteiger partial charge in [0, 0.05) is 11.1 Å². The molecule has 0 N–H and O–H groups in total. The molecule has 0 spiro atoms. The molecular weight excluding hydrogens is 220 g/mol. The second kappa shape index (κ2) is 7.09.